The molecule has 4 atom stereocenters. The predicted molar refractivity (Wildman–Crippen MR) is 85.7 cm³/mol. The summed E-state index contributed by atoms with van der Waals surface area (Å²) in [5.41, 5.74) is 2.37. The van der Waals surface area contributed by atoms with Gasteiger partial charge in [0.25, 0.3) is 11.6 Å². The van der Waals surface area contributed by atoms with Gasteiger partial charge in [0, 0.05) is 37.3 Å². The molecule has 1 saturated heterocycles. The number of ether oxygens (including phenoxy) is 2. The summed E-state index contributed by atoms with van der Waals surface area (Å²) in [6.07, 6.45) is 1.18. The average molecular weight is 331 g/mol. The molecule has 3 heterocycles. The van der Waals surface area contributed by atoms with Crippen molar-refractivity contribution in [2.45, 2.75) is 32.4 Å². The maximum Gasteiger partial charge on any atom is 0.258 e. The molecule has 0 bridgehead atoms. The number of aryl methyl sites for hydroxylation is 2. The number of rotatable bonds is 4. The standard InChI is InChI=1S/C17H21N3O4/c1-8-6-11(13-9(2)20-24-17(13)18-8)16(21)19-14-10-4-5-23-15(10)12(14)7-22-3/h6,10,12,14-15H,4-5,7H2,1-3H3,(H,19,21). The molecule has 4 rings (SSSR count). The first-order chi connectivity index (χ1) is 11.6. The normalized spacial score (nSPS) is 28.6. The van der Waals surface area contributed by atoms with E-state index in [9.17, 15) is 4.79 Å². The summed E-state index contributed by atoms with van der Waals surface area (Å²) in [4.78, 5) is 17.2. The number of nitrogens with zero attached hydrogens (tertiary/aromatic N) is 2. The minimum absolute atomic E-state index is 0.0774. The monoisotopic (exact) mass is 331 g/mol. The Balaban J connectivity index is 1.61. The van der Waals surface area contributed by atoms with Gasteiger partial charge < -0.3 is 19.3 Å². The number of hydrogen-bond donors (Lipinski definition) is 1. The molecule has 1 amide bonds. The molecule has 0 radical (unpaired) electrons. The van der Waals surface area contributed by atoms with Crippen LogP contribution in [0.15, 0.2) is 10.6 Å². The zero-order valence-electron chi connectivity index (χ0n) is 14.0. The van der Waals surface area contributed by atoms with Crippen molar-refractivity contribution < 1.29 is 18.8 Å². The van der Waals surface area contributed by atoms with E-state index in [0.717, 1.165) is 18.7 Å². The highest BCUT2D eigenvalue weighted by molar-refractivity contribution is 6.06. The van der Waals surface area contributed by atoms with E-state index in [4.69, 9.17) is 14.0 Å². The highest BCUT2D eigenvalue weighted by Gasteiger charge is 2.54. The van der Waals surface area contributed by atoms with Gasteiger partial charge in [-0.25, -0.2) is 4.98 Å². The molecule has 2 aromatic rings. The second-order valence-electron chi connectivity index (χ2n) is 6.67. The Kier molecular flexibility index (Phi) is 3.77. The van der Waals surface area contributed by atoms with Gasteiger partial charge in [-0.3, -0.25) is 4.79 Å². The number of hydrogen-bond acceptors (Lipinski definition) is 6. The molecule has 1 N–H and O–H groups in total. The highest BCUT2D eigenvalue weighted by atomic mass is 16.5. The van der Waals surface area contributed by atoms with Crippen LogP contribution in [0, 0.1) is 25.7 Å². The smallest absolute Gasteiger partial charge is 0.258 e. The van der Waals surface area contributed by atoms with Gasteiger partial charge in [0.2, 0.25) is 0 Å². The minimum atomic E-state index is -0.117. The maximum atomic E-state index is 12.9. The van der Waals surface area contributed by atoms with Crippen molar-refractivity contribution in [3.05, 3.63) is 23.0 Å². The summed E-state index contributed by atoms with van der Waals surface area (Å²) < 4.78 is 16.3. The molecular weight excluding hydrogens is 310 g/mol. The van der Waals surface area contributed by atoms with Crippen LogP contribution in [0.1, 0.15) is 28.2 Å². The lowest BCUT2D eigenvalue weighted by molar-refractivity contribution is -0.0809. The fraction of sp³-hybridized carbons (Fsp3) is 0.588. The number of fused-ring (bicyclic) bond motifs is 2. The van der Waals surface area contributed by atoms with Crippen molar-refractivity contribution >= 4 is 17.0 Å². The lowest BCUT2D eigenvalue weighted by Gasteiger charge is -2.47. The van der Waals surface area contributed by atoms with Crippen LogP contribution >= 0.6 is 0 Å². The molecule has 24 heavy (non-hydrogen) atoms. The predicted octanol–water partition coefficient (Wildman–Crippen LogP) is 1.62. The van der Waals surface area contributed by atoms with Crippen LogP contribution in [-0.4, -0.2) is 48.5 Å². The van der Waals surface area contributed by atoms with Crippen molar-refractivity contribution in [3.63, 3.8) is 0 Å². The van der Waals surface area contributed by atoms with Gasteiger partial charge in [0.1, 0.15) is 0 Å². The third-order valence-corrected chi connectivity index (χ3v) is 5.17. The van der Waals surface area contributed by atoms with E-state index in [1.54, 1.807) is 13.2 Å². The van der Waals surface area contributed by atoms with E-state index in [-0.39, 0.29) is 24.0 Å². The first-order valence-corrected chi connectivity index (χ1v) is 8.25. The zero-order chi connectivity index (χ0) is 16.8. The number of aromatic nitrogens is 2. The number of amides is 1. The number of carbonyl (C=O) groups excluding carboxylic acids is 1. The van der Waals surface area contributed by atoms with Gasteiger partial charge in [-0.2, -0.15) is 0 Å². The third-order valence-electron chi connectivity index (χ3n) is 5.17. The van der Waals surface area contributed by atoms with Crippen molar-refractivity contribution in [3.8, 4) is 0 Å². The van der Waals surface area contributed by atoms with Gasteiger partial charge in [0.15, 0.2) is 0 Å². The molecule has 0 spiro atoms. The molecule has 7 heteroatoms. The van der Waals surface area contributed by atoms with E-state index >= 15 is 0 Å². The van der Waals surface area contributed by atoms with Crippen molar-refractivity contribution in [2.24, 2.45) is 11.8 Å². The van der Waals surface area contributed by atoms with Crippen LogP contribution in [0.3, 0.4) is 0 Å². The van der Waals surface area contributed by atoms with Gasteiger partial charge in [0.05, 0.1) is 29.4 Å². The molecule has 7 nitrogen and oxygen atoms in total. The quantitative estimate of drug-likeness (QED) is 0.916. The molecule has 128 valence electrons. The fourth-order valence-electron chi connectivity index (χ4n) is 4.06. The van der Waals surface area contributed by atoms with E-state index in [2.05, 4.69) is 15.5 Å². The second kappa shape index (κ2) is 5.82. The van der Waals surface area contributed by atoms with E-state index in [1.807, 2.05) is 13.8 Å². The lowest BCUT2D eigenvalue weighted by Crippen LogP contribution is -2.62. The Bertz CT molecular complexity index is 787. The Morgan fingerprint density at radius 1 is 1.46 bits per heavy atom. The van der Waals surface area contributed by atoms with Crippen molar-refractivity contribution in [1.82, 2.24) is 15.5 Å². The molecule has 1 aliphatic heterocycles. The third kappa shape index (κ3) is 2.31. The fourth-order valence-corrected chi connectivity index (χ4v) is 4.06. The van der Waals surface area contributed by atoms with Crippen LogP contribution in [-0.2, 0) is 9.47 Å². The van der Waals surface area contributed by atoms with Crippen LogP contribution in [0.4, 0.5) is 0 Å². The molecule has 2 fully saturated rings. The summed E-state index contributed by atoms with van der Waals surface area (Å²) in [6.45, 7) is 5.00. The van der Waals surface area contributed by atoms with E-state index in [0.29, 0.717) is 34.9 Å². The molecule has 1 aliphatic carbocycles. The summed E-state index contributed by atoms with van der Waals surface area (Å²) in [5, 5.41) is 7.79. The van der Waals surface area contributed by atoms with Gasteiger partial charge in [-0.15, -0.1) is 0 Å². The Labute approximate surface area is 139 Å². The van der Waals surface area contributed by atoms with Crippen LogP contribution in [0.25, 0.3) is 11.1 Å². The molecular formula is C17H21N3O4. The van der Waals surface area contributed by atoms with Gasteiger partial charge >= 0.3 is 0 Å². The number of pyridine rings is 1. The van der Waals surface area contributed by atoms with E-state index < -0.39 is 0 Å². The molecule has 1 saturated carbocycles. The molecule has 2 aromatic heterocycles. The largest absolute Gasteiger partial charge is 0.384 e. The Morgan fingerprint density at radius 2 is 2.29 bits per heavy atom. The summed E-state index contributed by atoms with van der Waals surface area (Å²) in [6, 6.07) is 1.86. The summed E-state index contributed by atoms with van der Waals surface area (Å²) in [5.74, 6) is 0.456. The first kappa shape index (κ1) is 15.5. The first-order valence-electron chi connectivity index (χ1n) is 8.25. The Hall–Kier alpha value is -1.99. The SMILES string of the molecule is COCC1C(NC(=O)c2cc(C)nc3onc(C)c23)C2CCOC21. The second-order valence-corrected chi connectivity index (χ2v) is 6.67. The summed E-state index contributed by atoms with van der Waals surface area (Å²) >= 11 is 0. The summed E-state index contributed by atoms with van der Waals surface area (Å²) in [7, 11) is 1.68. The lowest BCUT2D eigenvalue weighted by atomic mass is 9.67. The van der Waals surface area contributed by atoms with Gasteiger partial charge in [-0.05, 0) is 26.3 Å². The minimum Gasteiger partial charge on any atom is -0.384 e. The Morgan fingerprint density at radius 3 is 3.08 bits per heavy atom. The highest BCUT2D eigenvalue weighted by Crippen LogP contribution is 2.44. The maximum absolute atomic E-state index is 12.9. The van der Waals surface area contributed by atoms with Crippen LogP contribution in [0.2, 0.25) is 0 Å². The number of nitrogens with one attached hydrogen (secondary N) is 1. The van der Waals surface area contributed by atoms with E-state index in [1.165, 1.54) is 0 Å². The van der Waals surface area contributed by atoms with Crippen molar-refractivity contribution in [1.29, 1.82) is 0 Å². The van der Waals surface area contributed by atoms with Crippen LogP contribution < -0.4 is 5.32 Å². The molecule has 0 aromatic carbocycles. The van der Waals surface area contributed by atoms with Crippen molar-refractivity contribution in [2.75, 3.05) is 20.3 Å². The van der Waals surface area contributed by atoms with Crippen LogP contribution in [0.5, 0.6) is 0 Å². The molecule has 4 unspecified atom stereocenters. The number of methoxy groups -OCH3 is 1. The average Bonchev–Trinajstić information content (AvgIpc) is 3.14. The molecule has 2 aliphatic rings. The zero-order valence-corrected chi connectivity index (χ0v) is 14.0. The topological polar surface area (TPSA) is 86.5 Å². The van der Waals surface area contributed by atoms with Gasteiger partial charge in [-0.1, -0.05) is 5.16 Å². The number of carbonyl (C=O) groups is 1.